The van der Waals surface area contributed by atoms with Crippen LogP contribution >= 0.6 is 0 Å². The first-order chi connectivity index (χ1) is 11.1. The molecule has 0 aliphatic rings. The fourth-order valence-electron chi connectivity index (χ4n) is 2.24. The standard InChI is InChI=1S/C18H28N2O3/c1-4-5-6-7-8-9-10-18(22)20-19-14(2)15-11-12-16(21)17(13-15)23-3/h11-13,21H,4-10H2,1-3H3,(H,20,22). The van der Waals surface area contributed by atoms with Crippen molar-refractivity contribution in [1.82, 2.24) is 5.43 Å². The lowest BCUT2D eigenvalue weighted by Gasteiger charge is -2.07. The molecule has 0 aliphatic heterocycles. The van der Waals surface area contributed by atoms with Crippen LogP contribution in [-0.4, -0.2) is 23.8 Å². The number of nitrogens with one attached hydrogen (secondary N) is 1. The van der Waals surface area contributed by atoms with Gasteiger partial charge in [-0.1, -0.05) is 39.0 Å². The van der Waals surface area contributed by atoms with Gasteiger partial charge in [0.05, 0.1) is 12.8 Å². The average molecular weight is 320 g/mol. The number of ether oxygens (including phenoxy) is 1. The Labute approximate surface area is 138 Å². The molecule has 0 bridgehead atoms. The molecule has 23 heavy (non-hydrogen) atoms. The van der Waals surface area contributed by atoms with Crippen LogP contribution in [0.25, 0.3) is 0 Å². The monoisotopic (exact) mass is 320 g/mol. The number of hydrogen-bond donors (Lipinski definition) is 2. The maximum Gasteiger partial charge on any atom is 0.240 e. The maximum atomic E-state index is 11.8. The Hall–Kier alpha value is -2.04. The molecule has 0 radical (unpaired) electrons. The second kappa shape index (κ2) is 10.6. The van der Waals surface area contributed by atoms with Crippen molar-refractivity contribution >= 4 is 11.6 Å². The van der Waals surface area contributed by atoms with E-state index in [1.54, 1.807) is 25.1 Å². The number of benzene rings is 1. The van der Waals surface area contributed by atoms with Crippen LogP contribution in [0.15, 0.2) is 23.3 Å². The van der Waals surface area contributed by atoms with Gasteiger partial charge < -0.3 is 9.84 Å². The third-order valence-electron chi connectivity index (χ3n) is 3.70. The van der Waals surface area contributed by atoms with E-state index in [-0.39, 0.29) is 11.7 Å². The first-order valence-corrected chi connectivity index (χ1v) is 8.29. The van der Waals surface area contributed by atoms with Gasteiger partial charge in [-0.3, -0.25) is 4.79 Å². The van der Waals surface area contributed by atoms with Crippen LogP contribution in [0.2, 0.25) is 0 Å². The summed E-state index contributed by atoms with van der Waals surface area (Å²) < 4.78 is 5.06. The summed E-state index contributed by atoms with van der Waals surface area (Å²) in [6.07, 6.45) is 7.43. The lowest BCUT2D eigenvalue weighted by Crippen LogP contribution is -2.18. The van der Waals surface area contributed by atoms with Gasteiger partial charge in [0.25, 0.3) is 0 Å². The molecule has 5 nitrogen and oxygen atoms in total. The highest BCUT2D eigenvalue weighted by molar-refractivity contribution is 5.99. The number of rotatable bonds is 10. The van der Waals surface area contributed by atoms with Gasteiger partial charge in [0, 0.05) is 12.0 Å². The molecule has 0 saturated heterocycles. The predicted octanol–water partition coefficient (Wildman–Crippen LogP) is 3.99. The van der Waals surface area contributed by atoms with Gasteiger partial charge in [0.1, 0.15) is 0 Å². The molecule has 5 heteroatoms. The molecule has 1 aromatic rings. The number of carbonyl (C=O) groups excluding carboxylic acids is 1. The fourth-order valence-corrected chi connectivity index (χ4v) is 2.24. The number of phenols is 1. The summed E-state index contributed by atoms with van der Waals surface area (Å²) in [5.41, 5.74) is 4.04. The highest BCUT2D eigenvalue weighted by Gasteiger charge is 2.06. The van der Waals surface area contributed by atoms with Crippen molar-refractivity contribution in [1.29, 1.82) is 0 Å². The third kappa shape index (κ3) is 7.17. The zero-order valence-corrected chi connectivity index (χ0v) is 14.4. The van der Waals surface area contributed by atoms with Gasteiger partial charge in [-0.25, -0.2) is 5.43 Å². The molecule has 128 valence electrons. The predicted molar refractivity (Wildman–Crippen MR) is 93.0 cm³/mol. The minimum Gasteiger partial charge on any atom is -0.504 e. The van der Waals surface area contributed by atoms with Gasteiger partial charge in [-0.2, -0.15) is 5.10 Å². The molecule has 0 fully saturated rings. The second-order valence-electron chi connectivity index (χ2n) is 5.64. The Morgan fingerprint density at radius 3 is 2.61 bits per heavy atom. The van der Waals surface area contributed by atoms with Crippen LogP contribution in [0.4, 0.5) is 0 Å². The van der Waals surface area contributed by atoms with Gasteiger partial charge in [0.2, 0.25) is 5.91 Å². The normalized spacial score (nSPS) is 11.3. The van der Waals surface area contributed by atoms with Crippen molar-refractivity contribution < 1.29 is 14.6 Å². The lowest BCUT2D eigenvalue weighted by molar-refractivity contribution is -0.121. The number of hydrazone groups is 1. The van der Waals surface area contributed by atoms with Crippen molar-refractivity contribution in [3.8, 4) is 11.5 Å². The molecule has 1 aromatic carbocycles. The fraction of sp³-hybridized carbons (Fsp3) is 0.556. The summed E-state index contributed by atoms with van der Waals surface area (Å²) in [7, 11) is 1.49. The molecular formula is C18H28N2O3. The van der Waals surface area contributed by atoms with Crippen LogP contribution < -0.4 is 10.2 Å². The van der Waals surface area contributed by atoms with E-state index in [1.807, 2.05) is 0 Å². The Morgan fingerprint density at radius 2 is 1.91 bits per heavy atom. The van der Waals surface area contributed by atoms with Gasteiger partial charge in [-0.15, -0.1) is 0 Å². The van der Waals surface area contributed by atoms with Crippen LogP contribution in [0.3, 0.4) is 0 Å². The molecule has 1 amide bonds. The zero-order valence-electron chi connectivity index (χ0n) is 14.4. The number of aromatic hydroxyl groups is 1. The van der Waals surface area contributed by atoms with E-state index in [9.17, 15) is 9.90 Å². The van der Waals surface area contributed by atoms with Crippen molar-refractivity contribution in [2.45, 2.75) is 58.8 Å². The summed E-state index contributed by atoms with van der Waals surface area (Å²) in [5, 5.41) is 13.7. The summed E-state index contributed by atoms with van der Waals surface area (Å²) in [6, 6.07) is 4.97. The summed E-state index contributed by atoms with van der Waals surface area (Å²) in [6.45, 7) is 3.99. The Morgan fingerprint density at radius 1 is 1.22 bits per heavy atom. The summed E-state index contributed by atoms with van der Waals surface area (Å²) in [5.74, 6) is 0.400. The number of hydrogen-bond acceptors (Lipinski definition) is 4. The van der Waals surface area contributed by atoms with Crippen molar-refractivity contribution in [2.24, 2.45) is 5.10 Å². The third-order valence-corrected chi connectivity index (χ3v) is 3.70. The highest BCUT2D eigenvalue weighted by Crippen LogP contribution is 2.26. The van der Waals surface area contributed by atoms with Gasteiger partial charge in [0.15, 0.2) is 11.5 Å². The van der Waals surface area contributed by atoms with Crippen LogP contribution in [0, 0.1) is 0 Å². The maximum absolute atomic E-state index is 11.8. The SMILES string of the molecule is CCCCCCCCC(=O)NN=C(C)c1ccc(O)c(OC)c1. The number of nitrogens with zero attached hydrogens (tertiary/aromatic N) is 1. The molecular weight excluding hydrogens is 292 g/mol. The van der Waals surface area contributed by atoms with E-state index in [2.05, 4.69) is 17.5 Å². The molecule has 2 N–H and O–H groups in total. The number of amides is 1. The molecule has 0 atom stereocenters. The molecule has 0 spiro atoms. The van der Waals surface area contributed by atoms with Gasteiger partial charge in [-0.05, 0) is 31.5 Å². The van der Waals surface area contributed by atoms with Crippen molar-refractivity contribution in [2.75, 3.05) is 7.11 Å². The van der Waals surface area contributed by atoms with E-state index in [4.69, 9.17) is 4.74 Å². The highest BCUT2D eigenvalue weighted by atomic mass is 16.5. The minimum absolute atomic E-state index is 0.0643. The molecule has 0 aromatic heterocycles. The topological polar surface area (TPSA) is 70.9 Å². The Balaban J connectivity index is 2.39. The van der Waals surface area contributed by atoms with Crippen molar-refractivity contribution in [3.63, 3.8) is 0 Å². The largest absolute Gasteiger partial charge is 0.504 e. The molecule has 0 heterocycles. The quantitative estimate of drug-likeness (QED) is 0.389. The van der Waals surface area contributed by atoms with Crippen LogP contribution in [-0.2, 0) is 4.79 Å². The minimum atomic E-state index is -0.0643. The number of unbranched alkanes of at least 4 members (excludes halogenated alkanes) is 5. The molecule has 0 unspecified atom stereocenters. The Kier molecular flexibility index (Phi) is 8.80. The molecule has 0 aliphatic carbocycles. The van der Waals surface area contributed by atoms with E-state index in [0.29, 0.717) is 17.9 Å². The van der Waals surface area contributed by atoms with E-state index in [1.165, 1.54) is 32.8 Å². The van der Waals surface area contributed by atoms with Gasteiger partial charge >= 0.3 is 0 Å². The van der Waals surface area contributed by atoms with E-state index in [0.717, 1.165) is 18.4 Å². The molecule has 0 saturated carbocycles. The second-order valence-corrected chi connectivity index (χ2v) is 5.64. The summed E-state index contributed by atoms with van der Waals surface area (Å²) in [4.78, 5) is 11.8. The number of carbonyl (C=O) groups is 1. The first kappa shape index (κ1) is 19.0. The summed E-state index contributed by atoms with van der Waals surface area (Å²) >= 11 is 0. The van der Waals surface area contributed by atoms with E-state index >= 15 is 0 Å². The zero-order chi connectivity index (χ0) is 17.1. The molecule has 1 rings (SSSR count). The smallest absolute Gasteiger partial charge is 0.240 e. The average Bonchev–Trinajstić information content (AvgIpc) is 2.56. The van der Waals surface area contributed by atoms with Crippen LogP contribution in [0.5, 0.6) is 11.5 Å². The first-order valence-electron chi connectivity index (χ1n) is 8.29. The lowest BCUT2D eigenvalue weighted by atomic mass is 10.1. The number of methoxy groups -OCH3 is 1. The van der Waals surface area contributed by atoms with Crippen LogP contribution in [0.1, 0.15) is 64.4 Å². The Bertz CT molecular complexity index is 527. The van der Waals surface area contributed by atoms with Crippen molar-refractivity contribution in [3.05, 3.63) is 23.8 Å². The number of phenolic OH excluding ortho intramolecular Hbond substituents is 1. The van der Waals surface area contributed by atoms with E-state index < -0.39 is 0 Å².